The summed E-state index contributed by atoms with van der Waals surface area (Å²) in [4.78, 5) is 25.2. The van der Waals surface area contributed by atoms with Gasteiger partial charge in [-0.1, -0.05) is 12.1 Å². The van der Waals surface area contributed by atoms with E-state index in [1.165, 1.54) is 30.2 Å². The highest BCUT2D eigenvalue weighted by Crippen LogP contribution is 2.29. The molecule has 0 unspecified atom stereocenters. The van der Waals surface area contributed by atoms with Crippen molar-refractivity contribution in [2.75, 3.05) is 5.32 Å². The number of aryl methyl sites for hydroxylation is 2. The molecule has 2 amide bonds. The minimum atomic E-state index is -0.166. The van der Waals surface area contributed by atoms with E-state index in [1.807, 2.05) is 18.2 Å². The number of fused-ring (bicyclic) bond motifs is 1. The molecule has 0 fully saturated rings. The monoisotopic (exact) mass is 341 g/mol. The molecule has 124 valence electrons. The quantitative estimate of drug-likeness (QED) is 0.661. The number of carbonyl (C=O) groups is 2. The summed E-state index contributed by atoms with van der Waals surface area (Å²) >= 11 is 1.57. The molecule has 0 saturated carbocycles. The van der Waals surface area contributed by atoms with E-state index in [1.54, 1.807) is 29.7 Å². The third-order valence-electron chi connectivity index (χ3n) is 3.83. The number of anilines is 1. The minimum absolute atomic E-state index is 0.109. The molecule has 0 spiro atoms. The van der Waals surface area contributed by atoms with E-state index in [0.717, 1.165) is 29.0 Å². The van der Waals surface area contributed by atoms with Crippen LogP contribution in [0.15, 0.2) is 35.4 Å². The van der Waals surface area contributed by atoms with Crippen LogP contribution in [-0.2, 0) is 17.6 Å². The summed E-state index contributed by atoms with van der Waals surface area (Å²) in [6.45, 7) is 1.47. The molecule has 0 radical (unpaired) electrons. The second kappa shape index (κ2) is 7.40. The van der Waals surface area contributed by atoms with E-state index < -0.39 is 0 Å². The second-order valence-corrected chi connectivity index (χ2v) is 6.91. The van der Waals surface area contributed by atoms with Crippen LogP contribution in [0.25, 0.3) is 0 Å². The van der Waals surface area contributed by atoms with Crippen LogP contribution in [0.5, 0.6) is 0 Å². The number of nitrogens with one attached hydrogen (secondary N) is 2. The van der Waals surface area contributed by atoms with Gasteiger partial charge in [-0.2, -0.15) is 5.10 Å². The number of thiophene rings is 1. The van der Waals surface area contributed by atoms with Gasteiger partial charge in [0.25, 0.3) is 5.91 Å². The standard InChI is InChI=1S/C18H19N3O2S/c1-12(22)20-15-8-6-13(7-9-15)11-19-21-18(23)17-10-14-4-2-3-5-16(14)24-17/h6-11H,2-5H2,1H3,(H,20,22)(H,21,23)/b19-11-. The first-order valence-electron chi connectivity index (χ1n) is 7.94. The summed E-state index contributed by atoms with van der Waals surface area (Å²) in [5.74, 6) is -0.275. The largest absolute Gasteiger partial charge is 0.326 e. The lowest BCUT2D eigenvalue weighted by Crippen LogP contribution is -2.16. The molecule has 1 aliphatic carbocycles. The summed E-state index contributed by atoms with van der Waals surface area (Å²) in [5.41, 5.74) is 5.46. The first kappa shape index (κ1) is 16.4. The first-order chi connectivity index (χ1) is 11.6. The van der Waals surface area contributed by atoms with E-state index >= 15 is 0 Å². The Morgan fingerprint density at radius 1 is 1.17 bits per heavy atom. The van der Waals surface area contributed by atoms with Gasteiger partial charge in [-0.15, -0.1) is 11.3 Å². The Kier molecular flexibility index (Phi) is 5.05. The number of rotatable bonds is 4. The van der Waals surface area contributed by atoms with Crippen LogP contribution >= 0.6 is 11.3 Å². The van der Waals surface area contributed by atoms with Gasteiger partial charge in [0.1, 0.15) is 0 Å². The number of hydrazone groups is 1. The van der Waals surface area contributed by atoms with Gasteiger partial charge in [-0.3, -0.25) is 9.59 Å². The fraction of sp³-hybridized carbons (Fsp3) is 0.278. The molecule has 1 aromatic carbocycles. The van der Waals surface area contributed by atoms with Crippen LogP contribution in [0.1, 0.15) is 45.4 Å². The molecule has 5 nitrogen and oxygen atoms in total. The summed E-state index contributed by atoms with van der Waals surface area (Å²) < 4.78 is 0. The number of benzene rings is 1. The lowest BCUT2D eigenvalue weighted by molar-refractivity contribution is -0.114. The molecule has 24 heavy (non-hydrogen) atoms. The van der Waals surface area contributed by atoms with Gasteiger partial charge < -0.3 is 5.32 Å². The highest BCUT2D eigenvalue weighted by Gasteiger charge is 2.16. The van der Waals surface area contributed by atoms with Crippen LogP contribution in [0.2, 0.25) is 0 Å². The molecular formula is C18H19N3O2S. The van der Waals surface area contributed by atoms with E-state index in [9.17, 15) is 9.59 Å². The second-order valence-electron chi connectivity index (χ2n) is 5.77. The number of carbonyl (C=O) groups excluding carboxylic acids is 2. The topological polar surface area (TPSA) is 70.6 Å². The number of hydrogen-bond donors (Lipinski definition) is 2. The Bertz CT molecular complexity index is 755. The zero-order chi connectivity index (χ0) is 16.9. The first-order valence-corrected chi connectivity index (χ1v) is 8.76. The summed E-state index contributed by atoms with van der Waals surface area (Å²) in [6.07, 6.45) is 6.15. The molecule has 2 aromatic rings. The van der Waals surface area contributed by atoms with Crippen molar-refractivity contribution in [1.82, 2.24) is 5.43 Å². The average molecular weight is 341 g/mol. The van der Waals surface area contributed by atoms with Crippen molar-refractivity contribution in [1.29, 1.82) is 0 Å². The Labute approximate surface area is 144 Å². The van der Waals surface area contributed by atoms with Crippen molar-refractivity contribution in [2.24, 2.45) is 5.10 Å². The summed E-state index contributed by atoms with van der Waals surface area (Å²) in [5, 5.41) is 6.71. The van der Waals surface area contributed by atoms with Gasteiger partial charge >= 0.3 is 0 Å². The van der Waals surface area contributed by atoms with Gasteiger partial charge in [0, 0.05) is 17.5 Å². The van der Waals surface area contributed by atoms with E-state index in [-0.39, 0.29) is 11.8 Å². The minimum Gasteiger partial charge on any atom is -0.326 e. The number of hydrogen-bond acceptors (Lipinski definition) is 4. The van der Waals surface area contributed by atoms with Crippen molar-refractivity contribution < 1.29 is 9.59 Å². The van der Waals surface area contributed by atoms with Crippen molar-refractivity contribution >= 4 is 35.1 Å². The van der Waals surface area contributed by atoms with Gasteiger partial charge in [0.15, 0.2) is 0 Å². The zero-order valence-corrected chi connectivity index (χ0v) is 14.3. The maximum Gasteiger partial charge on any atom is 0.281 e. The van der Waals surface area contributed by atoms with Gasteiger partial charge in [0.05, 0.1) is 11.1 Å². The van der Waals surface area contributed by atoms with E-state index in [2.05, 4.69) is 15.8 Å². The van der Waals surface area contributed by atoms with Crippen LogP contribution < -0.4 is 10.7 Å². The van der Waals surface area contributed by atoms with Gasteiger partial charge in [-0.05, 0) is 55.0 Å². The summed E-state index contributed by atoms with van der Waals surface area (Å²) in [7, 11) is 0. The molecule has 0 aliphatic heterocycles. The fourth-order valence-electron chi connectivity index (χ4n) is 2.68. The van der Waals surface area contributed by atoms with Crippen molar-refractivity contribution in [2.45, 2.75) is 32.6 Å². The number of amides is 2. The lowest BCUT2D eigenvalue weighted by atomic mass is 9.99. The Morgan fingerprint density at radius 2 is 1.92 bits per heavy atom. The molecule has 1 heterocycles. The molecular weight excluding hydrogens is 322 g/mol. The van der Waals surface area contributed by atoms with Crippen LogP contribution in [0, 0.1) is 0 Å². The third kappa shape index (κ3) is 4.08. The molecule has 0 atom stereocenters. The smallest absolute Gasteiger partial charge is 0.281 e. The van der Waals surface area contributed by atoms with Crippen LogP contribution in [-0.4, -0.2) is 18.0 Å². The molecule has 6 heteroatoms. The Balaban J connectivity index is 1.58. The normalized spacial score (nSPS) is 13.5. The lowest BCUT2D eigenvalue weighted by Gasteiger charge is -2.08. The Morgan fingerprint density at radius 3 is 2.62 bits per heavy atom. The molecule has 1 aromatic heterocycles. The fourth-order valence-corrected chi connectivity index (χ4v) is 3.82. The van der Waals surface area contributed by atoms with Crippen molar-refractivity contribution in [3.8, 4) is 0 Å². The van der Waals surface area contributed by atoms with Crippen molar-refractivity contribution in [3.63, 3.8) is 0 Å². The van der Waals surface area contributed by atoms with Crippen LogP contribution in [0.4, 0.5) is 5.69 Å². The maximum absolute atomic E-state index is 12.2. The van der Waals surface area contributed by atoms with Gasteiger partial charge in [-0.25, -0.2) is 5.43 Å². The van der Waals surface area contributed by atoms with Gasteiger partial charge in [0.2, 0.25) is 5.91 Å². The molecule has 3 rings (SSSR count). The highest BCUT2D eigenvalue weighted by molar-refractivity contribution is 7.14. The SMILES string of the molecule is CC(=O)Nc1ccc(/C=N\NC(=O)c2cc3c(s2)CCCC3)cc1. The molecule has 0 saturated heterocycles. The zero-order valence-electron chi connectivity index (χ0n) is 13.5. The highest BCUT2D eigenvalue weighted by atomic mass is 32.1. The predicted octanol–water partition coefficient (Wildman–Crippen LogP) is 3.35. The summed E-state index contributed by atoms with van der Waals surface area (Å²) in [6, 6.07) is 9.22. The third-order valence-corrected chi connectivity index (χ3v) is 5.07. The molecule has 1 aliphatic rings. The predicted molar refractivity (Wildman–Crippen MR) is 96.8 cm³/mol. The van der Waals surface area contributed by atoms with E-state index in [0.29, 0.717) is 0 Å². The average Bonchev–Trinajstić information content (AvgIpc) is 3.00. The Hall–Kier alpha value is -2.47. The maximum atomic E-state index is 12.2. The number of nitrogens with zero attached hydrogens (tertiary/aromatic N) is 1. The molecule has 2 N–H and O–H groups in total. The van der Waals surface area contributed by atoms with Crippen molar-refractivity contribution in [3.05, 3.63) is 51.2 Å². The van der Waals surface area contributed by atoms with E-state index in [4.69, 9.17) is 0 Å². The van der Waals surface area contributed by atoms with Crippen LogP contribution in [0.3, 0.4) is 0 Å². The molecule has 0 bridgehead atoms.